The van der Waals surface area contributed by atoms with Crippen molar-refractivity contribution in [3.63, 3.8) is 0 Å². The number of para-hydroxylation sites is 2. The van der Waals surface area contributed by atoms with E-state index in [4.69, 9.17) is 20.0 Å². The van der Waals surface area contributed by atoms with E-state index in [1.807, 2.05) is 48.5 Å². The highest BCUT2D eigenvalue weighted by atomic mass is 15.0. The van der Waals surface area contributed by atoms with Gasteiger partial charge in [-0.05, 0) is 71.4 Å². The van der Waals surface area contributed by atoms with Crippen molar-refractivity contribution in [1.82, 2.24) is 14.5 Å². The number of hydrogen-bond acceptors (Lipinski definition) is 3. The van der Waals surface area contributed by atoms with Crippen molar-refractivity contribution < 1.29 is 0 Å². The van der Waals surface area contributed by atoms with E-state index in [1.54, 1.807) is 0 Å². The summed E-state index contributed by atoms with van der Waals surface area (Å²) in [5.41, 5.74) is 12.7. The standard InChI is InChI=1S/C53H40N6/c1-53(2)44-28-15-13-27-42(44)48-47(53)49(57-51(56-48)39-30-31-46-43(33-39)41-26-14-16-29-45(41)59(46)40-24-11-6-12-25-40)52(55-34-35-18-7-4-8-19-35)58-50(54-3)38-23-17-22-37(32-38)36-20-9-5-10-21-36/h4-33H,3,34H2,1-2H3. The summed E-state index contributed by atoms with van der Waals surface area (Å²) < 4.78 is 2.32. The minimum atomic E-state index is -0.440. The molecule has 10 rings (SSSR count). The highest BCUT2D eigenvalue weighted by molar-refractivity contribution is 6.14. The quantitative estimate of drug-likeness (QED) is 0.120. The van der Waals surface area contributed by atoms with E-state index in [9.17, 15) is 0 Å². The van der Waals surface area contributed by atoms with Crippen LogP contribution in [-0.4, -0.2) is 32.9 Å². The summed E-state index contributed by atoms with van der Waals surface area (Å²) in [6.07, 6.45) is 0. The Hall–Kier alpha value is -7.57. The van der Waals surface area contributed by atoms with Crippen LogP contribution in [0, 0.1) is 0 Å². The lowest BCUT2D eigenvalue weighted by molar-refractivity contribution is 0.653. The van der Waals surface area contributed by atoms with Crippen molar-refractivity contribution in [3.05, 3.63) is 210 Å². The molecule has 0 radical (unpaired) electrons. The van der Waals surface area contributed by atoms with Gasteiger partial charge in [-0.2, -0.15) is 0 Å². The number of benzene rings is 7. The number of hydrogen-bond donors (Lipinski definition) is 0. The van der Waals surface area contributed by atoms with Gasteiger partial charge in [0.05, 0.1) is 23.3 Å². The zero-order valence-corrected chi connectivity index (χ0v) is 32.9. The maximum Gasteiger partial charge on any atom is 0.176 e. The van der Waals surface area contributed by atoms with Gasteiger partial charge in [0, 0.05) is 44.1 Å². The predicted molar refractivity (Wildman–Crippen MR) is 244 cm³/mol. The zero-order valence-electron chi connectivity index (χ0n) is 32.9. The lowest BCUT2D eigenvalue weighted by atomic mass is 9.81. The van der Waals surface area contributed by atoms with E-state index in [2.05, 4.69) is 164 Å². The smallest absolute Gasteiger partial charge is 0.176 e. The Bertz CT molecular complexity index is 3100. The molecule has 6 heteroatoms. The third-order valence-corrected chi connectivity index (χ3v) is 11.4. The third-order valence-electron chi connectivity index (χ3n) is 11.4. The maximum atomic E-state index is 5.49. The molecule has 1 aliphatic rings. The number of amidine groups is 2. The minimum Gasteiger partial charge on any atom is -0.309 e. The number of rotatable bonds is 7. The Labute approximate surface area is 343 Å². The van der Waals surface area contributed by atoms with E-state index in [0.29, 0.717) is 29.7 Å². The van der Waals surface area contributed by atoms with Crippen molar-refractivity contribution in [2.45, 2.75) is 25.8 Å². The van der Waals surface area contributed by atoms with Crippen LogP contribution in [0.3, 0.4) is 0 Å². The second kappa shape index (κ2) is 14.7. The van der Waals surface area contributed by atoms with Gasteiger partial charge in [0.25, 0.3) is 0 Å². The van der Waals surface area contributed by atoms with Crippen molar-refractivity contribution in [3.8, 4) is 39.5 Å². The number of aliphatic imine (C=N–C) groups is 3. The molecule has 282 valence electrons. The molecule has 2 aromatic heterocycles. The second-order valence-corrected chi connectivity index (χ2v) is 15.4. The van der Waals surface area contributed by atoms with Gasteiger partial charge >= 0.3 is 0 Å². The molecule has 0 N–H and O–H groups in total. The average Bonchev–Trinajstić information content (AvgIpc) is 3.75. The highest BCUT2D eigenvalue weighted by Gasteiger charge is 2.41. The molecule has 0 fully saturated rings. The first-order chi connectivity index (χ1) is 29.0. The lowest BCUT2D eigenvalue weighted by Gasteiger charge is -2.23. The van der Waals surface area contributed by atoms with E-state index in [1.165, 1.54) is 5.56 Å². The van der Waals surface area contributed by atoms with Crippen LogP contribution < -0.4 is 0 Å². The number of aromatic nitrogens is 3. The fourth-order valence-corrected chi connectivity index (χ4v) is 8.55. The van der Waals surface area contributed by atoms with E-state index in [-0.39, 0.29) is 0 Å². The highest BCUT2D eigenvalue weighted by Crippen LogP contribution is 2.49. The van der Waals surface area contributed by atoms with Crippen molar-refractivity contribution in [2.75, 3.05) is 0 Å². The molecule has 1 aliphatic carbocycles. The first-order valence-corrected chi connectivity index (χ1v) is 19.9. The predicted octanol–water partition coefficient (Wildman–Crippen LogP) is 12.3. The minimum absolute atomic E-state index is 0.403. The summed E-state index contributed by atoms with van der Waals surface area (Å²) in [5, 5.41) is 2.29. The molecule has 6 nitrogen and oxygen atoms in total. The molecular formula is C53H40N6. The van der Waals surface area contributed by atoms with E-state index < -0.39 is 5.41 Å². The molecule has 7 aromatic carbocycles. The lowest BCUT2D eigenvalue weighted by Crippen LogP contribution is -2.22. The van der Waals surface area contributed by atoms with Crippen LogP contribution in [-0.2, 0) is 12.0 Å². The van der Waals surface area contributed by atoms with Gasteiger partial charge in [-0.25, -0.2) is 20.0 Å². The van der Waals surface area contributed by atoms with Crippen LogP contribution in [0.1, 0.15) is 41.8 Å². The Balaban J connectivity index is 1.21. The van der Waals surface area contributed by atoms with Crippen LogP contribution in [0.4, 0.5) is 0 Å². The number of nitrogens with zero attached hydrogens (tertiary/aromatic N) is 6. The first-order valence-electron chi connectivity index (χ1n) is 19.9. The van der Waals surface area contributed by atoms with Crippen LogP contribution in [0.15, 0.2) is 197 Å². The molecule has 0 bridgehead atoms. The molecule has 0 saturated carbocycles. The molecule has 0 spiro atoms. The summed E-state index contributed by atoms with van der Waals surface area (Å²) >= 11 is 0. The fourth-order valence-electron chi connectivity index (χ4n) is 8.55. The summed E-state index contributed by atoms with van der Waals surface area (Å²) in [4.78, 5) is 26.0. The van der Waals surface area contributed by atoms with Crippen LogP contribution in [0.2, 0.25) is 0 Å². The Morgan fingerprint density at radius 2 is 1.27 bits per heavy atom. The van der Waals surface area contributed by atoms with Crippen molar-refractivity contribution in [1.29, 1.82) is 0 Å². The molecule has 0 amide bonds. The second-order valence-electron chi connectivity index (χ2n) is 15.4. The van der Waals surface area contributed by atoms with Crippen LogP contribution in [0.25, 0.3) is 61.3 Å². The van der Waals surface area contributed by atoms with Gasteiger partial charge in [0.15, 0.2) is 17.5 Å². The Morgan fingerprint density at radius 1 is 0.593 bits per heavy atom. The maximum absolute atomic E-state index is 5.49. The average molecular weight is 761 g/mol. The molecule has 0 saturated heterocycles. The Morgan fingerprint density at radius 3 is 2.07 bits per heavy atom. The number of fused-ring (bicyclic) bond motifs is 6. The summed E-state index contributed by atoms with van der Waals surface area (Å²) in [5.74, 6) is 1.54. The summed E-state index contributed by atoms with van der Waals surface area (Å²) in [7, 11) is 0. The monoisotopic (exact) mass is 760 g/mol. The van der Waals surface area contributed by atoms with Gasteiger partial charge in [0.1, 0.15) is 5.69 Å². The summed E-state index contributed by atoms with van der Waals surface area (Å²) in [6, 6.07) is 63.0. The van der Waals surface area contributed by atoms with Crippen LogP contribution >= 0.6 is 0 Å². The van der Waals surface area contributed by atoms with Gasteiger partial charge in [0.2, 0.25) is 0 Å². The first kappa shape index (κ1) is 35.8. The van der Waals surface area contributed by atoms with E-state index >= 15 is 0 Å². The molecule has 0 aliphatic heterocycles. The molecule has 0 atom stereocenters. The largest absolute Gasteiger partial charge is 0.309 e. The molecule has 2 heterocycles. The topological polar surface area (TPSA) is 67.8 Å². The zero-order chi connectivity index (χ0) is 39.9. The SMILES string of the molecule is C=NC(=NC(=NCc1ccccc1)c1nc(-c2ccc3c(c2)c2ccccc2n3-c2ccccc2)nc2c1C(C)(C)c1ccccc1-2)c1cccc(-c2ccccc2)c1. The van der Waals surface area contributed by atoms with Gasteiger partial charge < -0.3 is 4.57 Å². The Kier molecular flexibility index (Phi) is 8.95. The fraction of sp³-hybridized carbons (Fsp3) is 0.0755. The normalized spacial score (nSPS) is 13.4. The van der Waals surface area contributed by atoms with Crippen LogP contribution in [0.5, 0.6) is 0 Å². The van der Waals surface area contributed by atoms with Gasteiger partial charge in [-0.15, -0.1) is 0 Å². The molecule has 59 heavy (non-hydrogen) atoms. The van der Waals surface area contributed by atoms with Gasteiger partial charge in [-0.1, -0.05) is 153 Å². The molecular weight excluding hydrogens is 721 g/mol. The molecule has 0 unspecified atom stereocenters. The van der Waals surface area contributed by atoms with Crippen molar-refractivity contribution in [2.24, 2.45) is 15.0 Å². The summed E-state index contributed by atoms with van der Waals surface area (Å²) in [6.45, 7) is 8.89. The third kappa shape index (κ3) is 6.35. The molecule has 9 aromatic rings. The van der Waals surface area contributed by atoms with Crippen molar-refractivity contribution >= 4 is 40.2 Å². The van der Waals surface area contributed by atoms with E-state index in [0.717, 1.165) is 72.1 Å². The van der Waals surface area contributed by atoms with Gasteiger partial charge in [-0.3, -0.25) is 4.99 Å².